The predicted molar refractivity (Wildman–Crippen MR) is 68.9 cm³/mol. The summed E-state index contributed by atoms with van der Waals surface area (Å²) in [4.78, 5) is 4.49. The number of hydrogen-bond acceptors (Lipinski definition) is 5. The highest BCUT2D eigenvalue weighted by molar-refractivity contribution is 7.98. The molecule has 0 amide bonds. The predicted octanol–water partition coefficient (Wildman–Crippen LogP) is 1.88. The second kappa shape index (κ2) is 5.63. The van der Waals surface area contributed by atoms with E-state index in [1.54, 1.807) is 23.1 Å². The van der Waals surface area contributed by atoms with E-state index >= 15 is 0 Å². The first-order valence-electron chi connectivity index (χ1n) is 5.00. The van der Waals surface area contributed by atoms with Crippen molar-refractivity contribution in [3.8, 4) is 0 Å². The first-order valence-corrected chi connectivity index (χ1v) is 6.98. The standard InChI is InChI=1S/C11H13NO2S2/c13-5-8(14)6-15-7-11-12-9-3-1-2-4-10(9)16-11/h1-4,8,13-14H,5-7H2/t8-/m1/s1. The van der Waals surface area contributed by atoms with Crippen LogP contribution in [0.5, 0.6) is 0 Å². The van der Waals surface area contributed by atoms with Crippen LogP contribution in [0.3, 0.4) is 0 Å². The molecule has 0 aliphatic rings. The molecule has 0 fully saturated rings. The van der Waals surface area contributed by atoms with Gasteiger partial charge in [-0.05, 0) is 12.1 Å². The third kappa shape index (κ3) is 2.95. The molecule has 2 rings (SSSR count). The van der Waals surface area contributed by atoms with Gasteiger partial charge in [-0.3, -0.25) is 0 Å². The highest BCUT2D eigenvalue weighted by atomic mass is 32.2. The smallest absolute Gasteiger partial charge is 0.104 e. The molecule has 0 saturated heterocycles. The Morgan fingerprint density at radius 3 is 2.94 bits per heavy atom. The molecule has 0 bridgehead atoms. The van der Waals surface area contributed by atoms with Gasteiger partial charge in [-0.15, -0.1) is 11.3 Å². The van der Waals surface area contributed by atoms with E-state index in [0.717, 1.165) is 16.3 Å². The van der Waals surface area contributed by atoms with E-state index in [2.05, 4.69) is 11.1 Å². The lowest BCUT2D eigenvalue weighted by atomic mass is 10.3. The number of aliphatic hydroxyl groups is 2. The number of thiazole rings is 1. The second-order valence-corrected chi connectivity index (χ2v) is 5.57. The van der Waals surface area contributed by atoms with Crippen molar-refractivity contribution >= 4 is 33.3 Å². The topological polar surface area (TPSA) is 53.4 Å². The van der Waals surface area contributed by atoms with Gasteiger partial charge >= 0.3 is 0 Å². The molecule has 0 aliphatic carbocycles. The van der Waals surface area contributed by atoms with Crippen LogP contribution in [0, 0.1) is 0 Å². The highest BCUT2D eigenvalue weighted by Gasteiger charge is 2.05. The normalized spacial score (nSPS) is 13.1. The number of aromatic nitrogens is 1. The molecule has 1 heterocycles. The molecule has 0 radical (unpaired) electrons. The van der Waals surface area contributed by atoms with Crippen LogP contribution in [0.15, 0.2) is 24.3 Å². The quantitative estimate of drug-likeness (QED) is 0.856. The summed E-state index contributed by atoms with van der Waals surface area (Å²) in [7, 11) is 0. The monoisotopic (exact) mass is 255 g/mol. The summed E-state index contributed by atoms with van der Waals surface area (Å²) in [6, 6.07) is 8.05. The maximum atomic E-state index is 9.19. The van der Waals surface area contributed by atoms with Crippen LogP contribution in [0.25, 0.3) is 10.2 Å². The zero-order valence-electron chi connectivity index (χ0n) is 8.67. The molecule has 2 aromatic rings. The number of rotatable bonds is 5. The molecule has 1 atom stereocenters. The van der Waals surface area contributed by atoms with Crippen LogP contribution < -0.4 is 0 Å². The maximum absolute atomic E-state index is 9.19. The van der Waals surface area contributed by atoms with Gasteiger partial charge in [-0.25, -0.2) is 4.98 Å². The van der Waals surface area contributed by atoms with Gasteiger partial charge in [0.2, 0.25) is 0 Å². The average molecular weight is 255 g/mol. The summed E-state index contributed by atoms with van der Waals surface area (Å²) in [5.41, 5.74) is 1.03. The Balaban J connectivity index is 1.94. The van der Waals surface area contributed by atoms with Crippen LogP contribution in [0.1, 0.15) is 5.01 Å². The van der Waals surface area contributed by atoms with Crippen molar-refractivity contribution < 1.29 is 10.2 Å². The molecule has 1 aromatic carbocycles. The number of para-hydroxylation sites is 1. The minimum Gasteiger partial charge on any atom is -0.394 e. The Bertz CT molecular complexity index is 425. The third-order valence-electron chi connectivity index (χ3n) is 2.08. The molecule has 3 nitrogen and oxygen atoms in total. The van der Waals surface area contributed by atoms with Crippen molar-refractivity contribution in [3.05, 3.63) is 29.3 Å². The average Bonchev–Trinajstić information content (AvgIpc) is 2.71. The number of aliphatic hydroxyl groups excluding tert-OH is 2. The fraction of sp³-hybridized carbons (Fsp3) is 0.364. The van der Waals surface area contributed by atoms with Crippen molar-refractivity contribution in [1.82, 2.24) is 4.98 Å². The fourth-order valence-corrected chi connectivity index (χ4v) is 3.30. The maximum Gasteiger partial charge on any atom is 0.104 e. The molecule has 2 N–H and O–H groups in total. The van der Waals surface area contributed by atoms with E-state index in [0.29, 0.717) is 5.75 Å². The van der Waals surface area contributed by atoms with E-state index < -0.39 is 6.10 Å². The lowest BCUT2D eigenvalue weighted by molar-refractivity contribution is 0.113. The lowest BCUT2D eigenvalue weighted by Gasteiger charge is -2.04. The van der Waals surface area contributed by atoms with Crippen LogP contribution in [-0.2, 0) is 5.75 Å². The SMILES string of the molecule is OC[C@@H](O)CSCc1nc2ccccc2s1. The molecule has 86 valence electrons. The van der Waals surface area contributed by atoms with Crippen LogP contribution in [-0.4, -0.2) is 33.7 Å². The lowest BCUT2D eigenvalue weighted by Crippen LogP contribution is -2.14. The summed E-state index contributed by atoms with van der Waals surface area (Å²) in [5.74, 6) is 1.34. The second-order valence-electron chi connectivity index (χ2n) is 3.43. The van der Waals surface area contributed by atoms with Crippen molar-refractivity contribution in [2.75, 3.05) is 12.4 Å². The fourth-order valence-electron chi connectivity index (χ4n) is 1.32. The van der Waals surface area contributed by atoms with Gasteiger partial charge < -0.3 is 10.2 Å². The van der Waals surface area contributed by atoms with E-state index in [1.807, 2.05) is 18.2 Å². The first-order chi connectivity index (χ1) is 7.79. The molecule has 5 heteroatoms. The van der Waals surface area contributed by atoms with Crippen LogP contribution >= 0.6 is 23.1 Å². The van der Waals surface area contributed by atoms with Crippen molar-refractivity contribution in [2.24, 2.45) is 0 Å². The van der Waals surface area contributed by atoms with Gasteiger partial charge in [0, 0.05) is 11.5 Å². The molecule has 16 heavy (non-hydrogen) atoms. The van der Waals surface area contributed by atoms with Crippen molar-refractivity contribution in [3.63, 3.8) is 0 Å². The molecule has 1 aromatic heterocycles. The zero-order chi connectivity index (χ0) is 11.4. The largest absolute Gasteiger partial charge is 0.394 e. The Labute approximate surface area is 102 Å². The van der Waals surface area contributed by atoms with E-state index in [9.17, 15) is 5.11 Å². The van der Waals surface area contributed by atoms with Gasteiger partial charge in [-0.1, -0.05) is 12.1 Å². The summed E-state index contributed by atoms with van der Waals surface area (Å²) in [6.07, 6.45) is -0.626. The highest BCUT2D eigenvalue weighted by Crippen LogP contribution is 2.24. The Morgan fingerprint density at radius 2 is 2.19 bits per heavy atom. The first kappa shape index (κ1) is 11.9. The van der Waals surface area contributed by atoms with Crippen molar-refractivity contribution in [2.45, 2.75) is 11.9 Å². The van der Waals surface area contributed by atoms with Gasteiger partial charge in [0.05, 0.1) is 22.9 Å². The summed E-state index contributed by atoms with van der Waals surface area (Å²) in [6.45, 7) is -0.174. The number of thioether (sulfide) groups is 1. The number of nitrogens with zero attached hydrogens (tertiary/aromatic N) is 1. The molecule has 0 unspecified atom stereocenters. The minimum atomic E-state index is -0.626. The van der Waals surface area contributed by atoms with Gasteiger partial charge in [0.25, 0.3) is 0 Å². The van der Waals surface area contributed by atoms with Crippen LogP contribution in [0.4, 0.5) is 0 Å². The van der Waals surface area contributed by atoms with E-state index in [1.165, 1.54) is 4.70 Å². The number of benzene rings is 1. The Morgan fingerprint density at radius 1 is 1.38 bits per heavy atom. The zero-order valence-corrected chi connectivity index (χ0v) is 10.3. The summed E-state index contributed by atoms with van der Waals surface area (Å²) in [5, 5.41) is 18.9. The third-order valence-corrected chi connectivity index (χ3v) is 4.40. The molecule has 0 aliphatic heterocycles. The van der Waals surface area contributed by atoms with Gasteiger partial charge in [0.15, 0.2) is 0 Å². The Hall–Kier alpha value is -0.620. The van der Waals surface area contributed by atoms with Crippen molar-refractivity contribution in [1.29, 1.82) is 0 Å². The summed E-state index contributed by atoms with van der Waals surface area (Å²) >= 11 is 3.27. The molecular weight excluding hydrogens is 242 g/mol. The number of hydrogen-bond donors (Lipinski definition) is 2. The van der Waals surface area contributed by atoms with Crippen LogP contribution in [0.2, 0.25) is 0 Å². The number of fused-ring (bicyclic) bond motifs is 1. The molecular formula is C11H13NO2S2. The minimum absolute atomic E-state index is 0.174. The van der Waals surface area contributed by atoms with Gasteiger partial charge in [-0.2, -0.15) is 11.8 Å². The summed E-state index contributed by atoms with van der Waals surface area (Å²) < 4.78 is 1.20. The Kier molecular flexibility index (Phi) is 4.17. The molecule has 0 saturated carbocycles. The van der Waals surface area contributed by atoms with Gasteiger partial charge in [0.1, 0.15) is 5.01 Å². The van der Waals surface area contributed by atoms with E-state index in [4.69, 9.17) is 5.11 Å². The molecule has 0 spiro atoms. The van der Waals surface area contributed by atoms with E-state index in [-0.39, 0.29) is 6.61 Å².